The number of aryl methyl sites for hydroxylation is 1. The molecule has 8 heteroatoms. The van der Waals surface area contributed by atoms with Gasteiger partial charge in [-0.3, -0.25) is 19.5 Å². The zero-order chi connectivity index (χ0) is 22.7. The Kier molecular flexibility index (Phi) is 6.53. The number of aromatic nitrogens is 1. The number of nitrogens with zero attached hydrogens (tertiary/aromatic N) is 2. The molecule has 4 atom stereocenters. The molecule has 7 nitrogen and oxygen atoms in total. The molecule has 2 bridgehead atoms. The summed E-state index contributed by atoms with van der Waals surface area (Å²) in [6, 6.07) is 12.0. The molecule has 0 radical (unpaired) electrons. The molecule has 2 aromatic rings. The molecule has 3 saturated heterocycles. The van der Waals surface area contributed by atoms with Crippen molar-refractivity contribution in [1.29, 1.82) is 0 Å². The Morgan fingerprint density at radius 1 is 1.38 bits per heavy atom. The second kappa shape index (κ2) is 9.34. The van der Waals surface area contributed by atoms with Crippen molar-refractivity contribution in [3.05, 3.63) is 65.2 Å². The maximum atomic E-state index is 13.4. The third kappa shape index (κ3) is 4.52. The minimum atomic E-state index is -0.393. The average molecular weight is 442 g/mol. The smallest absolute Gasteiger partial charge is 0.290 e. The summed E-state index contributed by atoms with van der Waals surface area (Å²) in [5, 5.41) is 9.91. The number of fused-ring (bicyclic) bond motifs is 1. The lowest BCUT2D eigenvalue weighted by molar-refractivity contribution is -0.122. The van der Waals surface area contributed by atoms with Crippen LogP contribution in [0, 0.1) is 24.6 Å². The van der Waals surface area contributed by atoms with Gasteiger partial charge < -0.3 is 15.2 Å². The first-order chi connectivity index (χ1) is 15.4. The van der Waals surface area contributed by atoms with Crippen LogP contribution in [0.15, 0.2) is 42.5 Å². The molecular weight excluding hydrogens is 413 g/mol. The number of halogens is 1. The van der Waals surface area contributed by atoms with Crippen molar-refractivity contribution in [2.45, 2.75) is 38.0 Å². The lowest BCUT2D eigenvalue weighted by atomic mass is 9.73. The summed E-state index contributed by atoms with van der Waals surface area (Å²) in [5.74, 6) is 0.104. The highest BCUT2D eigenvalue weighted by Gasteiger charge is 2.62. The summed E-state index contributed by atoms with van der Waals surface area (Å²) in [6.07, 6.45) is 2.36. The first kappa shape index (κ1) is 22.4. The molecule has 0 unspecified atom stereocenters. The van der Waals surface area contributed by atoms with Crippen LogP contribution in [0.4, 0.5) is 4.39 Å². The predicted molar refractivity (Wildman–Crippen MR) is 115 cm³/mol. The summed E-state index contributed by atoms with van der Waals surface area (Å²) < 4.78 is 19.9. The zero-order valence-corrected chi connectivity index (χ0v) is 18.0. The van der Waals surface area contributed by atoms with E-state index in [1.807, 2.05) is 13.0 Å². The van der Waals surface area contributed by atoms with E-state index >= 15 is 0 Å². The standard InChI is InChI=1S/C23H26FN3O2.CH2O2/c1-15-4-2-7-18(26-15)12-27-13-20-19(21-8-9-23(20,14-27)29-21)11-25-22(28)16-5-3-6-17(24)10-16;2-1-3/h2-7,10,19-21H,8-9,11-14H2,1H3,(H,25,28);1H,(H,2,3)/t19-,20+,21+,23+;/m0./s1. The highest BCUT2D eigenvalue weighted by Crippen LogP contribution is 2.54. The molecule has 0 saturated carbocycles. The van der Waals surface area contributed by atoms with Crippen LogP contribution in [-0.4, -0.2) is 58.7 Å². The largest absolute Gasteiger partial charge is 0.483 e. The number of carboxylic acid groups (broad SMARTS) is 1. The van der Waals surface area contributed by atoms with E-state index in [9.17, 15) is 9.18 Å². The van der Waals surface area contributed by atoms with Gasteiger partial charge in [-0.1, -0.05) is 12.1 Å². The highest BCUT2D eigenvalue weighted by molar-refractivity contribution is 5.94. The molecule has 0 aliphatic carbocycles. The fourth-order valence-electron chi connectivity index (χ4n) is 5.54. The van der Waals surface area contributed by atoms with E-state index in [0.29, 0.717) is 23.9 Å². The Hall–Kier alpha value is -2.84. The number of amides is 1. The van der Waals surface area contributed by atoms with Crippen LogP contribution in [-0.2, 0) is 16.1 Å². The highest BCUT2D eigenvalue weighted by atomic mass is 19.1. The van der Waals surface area contributed by atoms with Gasteiger partial charge in [0.15, 0.2) is 0 Å². The average Bonchev–Trinajstić information content (AvgIpc) is 3.41. The topological polar surface area (TPSA) is 91.8 Å². The van der Waals surface area contributed by atoms with Crippen molar-refractivity contribution in [2.75, 3.05) is 19.6 Å². The molecule has 1 spiro atoms. The van der Waals surface area contributed by atoms with E-state index in [1.165, 1.54) is 12.1 Å². The van der Waals surface area contributed by atoms with Gasteiger partial charge in [-0.2, -0.15) is 0 Å². The summed E-state index contributed by atoms with van der Waals surface area (Å²) in [5.41, 5.74) is 2.41. The molecule has 3 fully saturated rings. The van der Waals surface area contributed by atoms with E-state index in [2.05, 4.69) is 27.3 Å². The van der Waals surface area contributed by atoms with E-state index in [4.69, 9.17) is 14.6 Å². The fourth-order valence-corrected chi connectivity index (χ4v) is 5.54. The number of benzene rings is 1. The fraction of sp³-hybridized carbons (Fsp3) is 0.458. The number of rotatable bonds is 5. The summed E-state index contributed by atoms with van der Waals surface area (Å²) in [6.45, 7) is 5.06. The lowest BCUT2D eigenvalue weighted by Crippen LogP contribution is -2.41. The van der Waals surface area contributed by atoms with Gasteiger partial charge in [0.1, 0.15) is 5.82 Å². The van der Waals surface area contributed by atoms with E-state index in [0.717, 1.165) is 43.9 Å². The number of nitrogens with one attached hydrogen (secondary N) is 1. The molecule has 2 N–H and O–H groups in total. The Labute approximate surface area is 186 Å². The van der Waals surface area contributed by atoms with Crippen molar-refractivity contribution < 1.29 is 23.8 Å². The van der Waals surface area contributed by atoms with Crippen LogP contribution in [0.1, 0.15) is 34.6 Å². The van der Waals surface area contributed by atoms with Crippen molar-refractivity contribution >= 4 is 12.4 Å². The summed E-state index contributed by atoms with van der Waals surface area (Å²) in [4.78, 5) is 27.9. The molecule has 1 aromatic heterocycles. The van der Waals surface area contributed by atoms with Crippen LogP contribution >= 0.6 is 0 Å². The summed E-state index contributed by atoms with van der Waals surface area (Å²) >= 11 is 0. The quantitative estimate of drug-likeness (QED) is 0.694. The third-order valence-electron chi connectivity index (χ3n) is 6.77. The molecule has 32 heavy (non-hydrogen) atoms. The number of carbonyl (C=O) groups is 2. The minimum Gasteiger partial charge on any atom is -0.483 e. The van der Waals surface area contributed by atoms with Gasteiger partial charge in [0.05, 0.1) is 17.4 Å². The molecule has 1 aromatic carbocycles. The molecule has 1 amide bonds. The molecular formula is C24H28FN3O4. The van der Waals surface area contributed by atoms with Crippen LogP contribution < -0.4 is 5.32 Å². The van der Waals surface area contributed by atoms with E-state index in [-0.39, 0.29) is 24.1 Å². The number of likely N-dealkylation sites (tertiary alicyclic amines) is 1. The SMILES string of the molecule is Cc1cccc(CN2C[C@@H]3[C@H](CNC(=O)c4cccc(F)c4)[C@H]4CC[C@]3(C2)O4)n1.O=CO. The molecule has 4 heterocycles. The van der Waals surface area contributed by atoms with Gasteiger partial charge in [-0.15, -0.1) is 0 Å². The van der Waals surface area contributed by atoms with Gasteiger partial charge in [0.2, 0.25) is 0 Å². The Morgan fingerprint density at radius 3 is 2.91 bits per heavy atom. The van der Waals surface area contributed by atoms with Crippen molar-refractivity contribution in [3.63, 3.8) is 0 Å². The molecule has 5 rings (SSSR count). The lowest BCUT2D eigenvalue weighted by Gasteiger charge is -2.29. The number of pyridine rings is 1. The maximum absolute atomic E-state index is 13.4. The Bertz CT molecular complexity index is 987. The number of carbonyl (C=O) groups excluding carboxylic acids is 1. The van der Waals surface area contributed by atoms with Crippen LogP contribution in [0.5, 0.6) is 0 Å². The predicted octanol–water partition coefficient (Wildman–Crippen LogP) is 2.64. The van der Waals surface area contributed by atoms with Crippen LogP contribution in [0.3, 0.4) is 0 Å². The third-order valence-corrected chi connectivity index (χ3v) is 6.77. The van der Waals surface area contributed by atoms with Gasteiger partial charge in [-0.25, -0.2) is 4.39 Å². The zero-order valence-electron chi connectivity index (χ0n) is 18.0. The summed E-state index contributed by atoms with van der Waals surface area (Å²) in [7, 11) is 0. The number of ether oxygens (including phenoxy) is 1. The Morgan fingerprint density at radius 2 is 2.16 bits per heavy atom. The van der Waals surface area contributed by atoms with E-state index < -0.39 is 5.82 Å². The van der Waals surface area contributed by atoms with E-state index in [1.54, 1.807) is 12.1 Å². The minimum absolute atomic E-state index is 0.0806. The van der Waals surface area contributed by atoms with Gasteiger partial charge in [0.25, 0.3) is 12.4 Å². The number of hydrogen-bond donors (Lipinski definition) is 2. The molecule has 3 aliphatic heterocycles. The Balaban J connectivity index is 0.000000775. The van der Waals surface area contributed by atoms with Gasteiger partial charge in [0, 0.05) is 49.3 Å². The van der Waals surface area contributed by atoms with Gasteiger partial charge >= 0.3 is 0 Å². The normalized spacial score (nSPS) is 28.0. The number of hydrogen-bond acceptors (Lipinski definition) is 5. The van der Waals surface area contributed by atoms with Crippen molar-refractivity contribution in [3.8, 4) is 0 Å². The molecule has 170 valence electrons. The monoisotopic (exact) mass is 441 g/mol. The first-order valence-electron chi connectivity index (χ1n) is 10.9. The molecule has 3 aliphatic rings. The second-order valence-corrected chi connectivity index (χ2v) is 8.80. The van der Waals surface area contributed by atoms with Gasteiger partial charge in [-0.05, 0) is 50.1 Å². The van der Waals surface area contributed by atoms with Crippen molar-refractivity contribution in [2.24, 2.45) is 11.8 Å². The van der Waals surface area contributed by atoms with Crippen LogP contribution in [0.2, 0.25) is 0 Å². The van der Waals surface area contributed by atoms with Crippen molar-refractivity contribution in [1.82, 2.24) is 15.2 Å². The van der Waals surface area contributed by atoms with Crippen LogP contribution in [0.25, 0.3) is 0 Å². The maximum Gasteiger partial charge on any atom is 0.290 e. The second-order valence-electron chi connectivity index (χ2n) is 8.80. The first-order valence-corrected chi connectivity index (χ1v) is 10.9.